The standard InChI is InChI=1S/C30H30F3N5O/c31-30(32,33)24-13-11-23(12-14-24)28-35-26(27(36-28)22-9-5-2-6-10-22)20-37-17-15-25(16-18-37)38(29(34)39)19-21-7-3-1-4-8-21/h1-14,25H,15-20H2,(H2,34,39)(H,35,36). The first kappa shape index (κ1) is 26.5. The van der Waals surface area contributed by atoms with Crippen LogP contribution in [0, 0.1) is 0 Å². The molecule has 0 atom stereocenters. The SMILES string of the molecule is NC(=O)N(Cc1ccccc1)C1CCN(Cc2[nH]c(-c3ccc(C(F)(F)F)cc3)nc2-c2ccccc2)CC1. The van der Waals surface area contributed by atoms with Gasteiger partial charge in [-0.1, -0.05) is 72.8 Å². The Labute approximate surface area is 225 Å². The first-order valence-corrected chi connectivity index (χ1v) is 12.9. The number of hydrogen-bond donors (Lipinski definition) is 2. The number of nitrogens with two attached hydrogens (primary N) is 1. The zero-order valence-corrected chi connectivity index (χ0v) is 21.4. The van der Waals surface area contributed by atoms with Gasteiger partial charge in [0, 0.05) is 43.3 Å². The molecule has 0 unspecified atom stereocenters. The molecule has 2 amide bonds. The zero-order chi connectivity index (χ0) is 27.4. The molecule has 202 valence electrons. The number of nitrogens with zero attached hydrogens (tertiary/aromatic N) is 3. The summed E-state index contributed by atoms with van der Waals surface area (Å²) in [5.74, 6) is 0.523. The fourth-order valence-corrected chi connectivity index (χ4v) is 5.09. The zero-order valence-electron chi connectivity index (χ0n) is 21.4. The normalized spacial score (nSPS) is 14.8. The van der Waals surface area contributed by atoms with Gasteiger partial charge in [-0.25, -0.2) is 9.78 Å². The quantitative estimate of drug-likeness (QED) is 0.292. The van der Waals surface area contributed by atoms with Crippen molar-refractivity contribution in [3.8, 4) is 22.6 Å². The Morgan fingerprint density at radius 1 is 0.923 bits per heavy atom. The van der Waals surface area contributed by atoms with Gasteiger partial charge in [-0.05, 0) is 30.5 Å². The van der Waals surface area contributed by atoms with E-state index in [0.29, 0.717) is 24.5 Å². The number of carbonyl (C=O) groups is 1. The van der Waals surface area contributed by atoms with Crippen molar-refractivity contribution in [2.24, 2.45) is 5.73 Å². The minimum absolute atomic E-state index is 0.0528. The predicted octanol–water partition coefficient (Wildman–Crippen LogP) is 6.31. The third-order valence-corrected chi connectivity index (χ3v) is 7.17. The fourth-order valence-electron chi connectivity index (χ4n) is 5.09. The van der Waals surface area contributed by atoms with Crippen LogP contribution >= 0.6 is 0 Å². The highest BCUT2D eigenvalue weighted by Crippen LogP contribution is 2.32. The Kier molecular flexibility index (Phi) is 7.70. The van der Waals surface area contributed by atoms with Crippen LogP contribution in [0.25, 0.3) is 22.6 Å². The van der Waals surface area contributed by atoms with Crippen LogP contribution in [-0.4, -0.2) is 44.9 Å². The molecule has 5 rings (SSSR count). The van der Waals surface area contributed by atoms with E-state index in [1.165, 1.54) is 12.1 Å². The molecule has 2 heterocycles. The molecule has 1 fully saturated rings. The number of amides is 2. The van der Waals surface area contributed by atoms with Crippen molar-refractivity contribution >= 4 is 6.03 Å². The van der Waals surface area contributed by atoms with E-state index < -0.39 is 17.8 Å². The second-order valence-electron chi connectivity index (χ2n) is 9.81. The maximum absolute atomic E-state index is 13.0. The number of likely N-dealkylation sites (tertiary alicyclic amines) is 1. The van der Waals surface area contributed by atoms with E-state index in [0.717, 1.165) is 60.6 Å². The van der Waals surface area contributed by atoms with Gasteiger partial charge in [-0.3, -0.25) is 4.90 Å². The van der Waals surface area contributed by atoms with E-state index in [1.807, 2.05) is 60.7 Å². The number of halogens is 3. The second-order valence-corrected chi connectivity index (χ2v) is 9.81. The highest BCUT2D eigenvalue weighted by atomic mass is 19.4. The maximum atomic E-state index is 13.0. The molecular weight excluding hydrogens is 503 g/mol. The van der Waals surface area contributed by atoms with Crippen molar-refractivity contribution in [3.63, 3.8) is 0 Å². The summed E-state index contributed by atoms with van der Waals surface area (Å²) in [5.41, 5.74) is 9.28. The minimum Gasteiger partial charge on any atom is -0.351 e. The van der Waals surface area contributed by atoms with Crippen molar-refractivity contribution in [1.82, 2.24) is 19.8 Å². The molecule has 0 aliphatic carbocycles. The van der Waals surface area contributed by atoms with Crippen LogP contribution in [0.3, 0.4) is 0 Å². The van der Waals surface area contributed by atoms with Crippen LogP contribution in [0.15, 0.2) is 84.9 Å². The first-order chi connectivity index (χ1) is 18.8. The lowest BCUT2D eigenvalue weighted by atomic mass is 10.0. The largest absolute Gasteiger partial charge is 0.416 e. The number of aromatic amines is 1. The third kappa shape index (κ3) is 6.31. The van der Waals surface area contributed by atoms with E-state index in [-0.39, 0.29) is 6.04 Å². The van der Waals surface area contributed by atoms with E-state index in [9.17, 15) is 18.0 Å². The summed E-state index contributed by atoms with van der Waals surface area (Å²) in [4.78, 5) is 24.5. The van der Waals surface area contributed by atoms with Gasteiger partial charge >= 0.3 is 12.2 Å². The topological polar surface area (TPSA) is 78.3 Å². The van der Waals surface area contributed by atoms with Gasteiger partial charge in [0.1, 0.15) is 5.82 Å². The number of urea groups is 1. The predicted molar refractivity (Wildman–Crippen MR) is 144 cm³/mol. The van der Waals surface area contributed by atoms with Gasteiger partial charge in [0.15, 0.2) is 0 Å². The molecule has 1 aliphatic rings. The Hall–Kier alpha value is -4.11. The lowest BCUT2D eigenvalue weighted by molar-refractivity contribution is -0.137. The molecule has 1 saturated heterocycles. The smallest absolute Gasteiger partial charge is 0.351 e. The Morgan fingerprint density at radius 2 is 1.54 bits per heavy atom. The second kappa shape index (κ2) is 11.3. The highest BCUT2D eigenvalue weighted by molar-refractivity contribution is 5.72. The Morgan fingerprint density at radius 3 is 2.13 bits per heavy atom. The van der Waals surface area contributed by atoms with Crippen LogP contribution in [0.1, 0.15) is 29.7 Å². The number of aromatic nitrogens is 2. The van der Waals surface area contributed by atoms with Crippen LogP contribution in [-0.2, 0) is 19.3 Å². The summed E-state index contributed by atoms with van der Waals surface area (Å²) in [6, 6.07) is 24.2. The van der Waals surface area contributed by atoms with Crippen LogP contribution in [0.2, 0.25) is 0 Å². The van der Waals surface area contributed by atoms with Crippen LogP contribution in [0.4, 0.5) is 18.0 Å². The average Bonchev–Trinajstić information content (AvgIpc) is 3.36. The lowest BCUT2D eigenvalue weighted by Crippen LogP contribution is -2.48. The molecule has 1 aromatic heterocycles. The molecular formula is C30H30F3N5O. The number of primary amides is 1. The number of H-pyrrole nitrogens is 1. The molecule has 1 aliphatic heterocycles. The number of imidazole rings is 1. The number of rotatable bonds is 7. The lowest BCUT2D eigenvalue weighted by Gasteiger charge is -2.37. The number of hydrogen-bond acceptors (Lipinski definition) is 3. The molecule has 6 nitrogen and oxygen atoms in total. The number of piperidine rings is 1. The Bertz CT molecular complexity index is 1380. The molecule has 4 aromatic rings. The van der Waals surface area contributed by atoms with Gasteiger partial charge in [0.25, 0.3) is 0 Å². The van der Waals surface area contributed by atoms with Crippen molar-refractivity contribution in [1.29, 1.82) is 0 Å². The molecule has 0 bridgehead atoms. The Balaban J connectivity index is 1.32. The fraction of sp³-hybridized carbons (Fsp3) is 0.267. The summed E-state index contributed by atoms with van der Waals surface area (Å²) in [6.07, 6.45) is -2.81. The number of alkyl halides is 3. The molecule has 0 spiro atoms. The van der Waals surface area contributed by atoms with E-state index in [4.69, 9.17) is 10.7 Å². The molecule has 9 heteroatoms. The van der Waals surface area contributed by atoms with Crippen LogP contribution in [0.5, 0.6) is 0 Å². The van der Waals surface area contributed by atoms with Crippen molar-refractivity contribution < 1.29 is 18.0 Å². The van der Waals surface area contributed by atoms with Crippen molar-refractivity contribution in [2.75, 3.05) is 13.1 Å². The van der Waals surface area contributed by atoms with E-state index in [1.54, 1.807) is 4.90 Å². The van der Waals surface area contributed by atoms with Gasteiger partial charge in [0.05, 0.1) is 17.0 Å². The minimum atomic E-state index is -4.39. The summed E-state index contributed by atoms with van der Waals surface area (Å²) >= 11 is 0. The molecule has 0 saturated carbocycles. The highest BCUT2D eigenvalue weighted by Gasteiger charge is 2.30. The van der Waals surface area contributed by atoms with Crippen molar-refractivity contribution in [2.45, 2.75) is 38.1 Å². The van der Waals surface area contributed by atoms with Gasteiger partial charge < -0.3 is 15.6 Å². The summed E-state index contributed by atoms with van der Waals surface area (Å²) < 4.78 is 39.1. The maximum Gasteiger partial charge on any atom is 0.416 e. The summed E-state index contributed by atoms with van der Waals surface area (Å²) in [7, 11) is 0. The first-order valence-electron chi connectivity index (χ1n) is 12.9. The van der Waals surface area contributed by atoms with Gasteiger partial charge in [-0.2, -0.15) is 13.2 Å². The molecule has 3 N–H and O–H groups in total. The number of carbonyl (C=O) groups excluding carboxylic acids is 1. The third-order valence-electron chi connectivity index (χ3n) is 7.17. The summed E-state index contributed by atoms with van der Waals surface area (Å²) in [6.45, 7) is 2.62. The van der Waals surface area contributed by atoms with E-state index >= 15 is 0 Å². The average molecular weight is 534 g/mol. The van der Waals surface area contributed by atoms with E-state index in [2.05, 4.69) is 9.88 Å². The monoisotopic (exact) mass is 533 g/mol. The number of nitrogens with one attached hydrogen (secondary N) is 1. The van der Waals surface area contributed by atoms with Crippen molar-refractivity contribution in [3.05, 3.63) is 102 Å². The number of benzene rings is 3. The van der Waals surface area contributed by atoms with Gasteiger partial charge in [-0.15, -0.1) is 0 Å². The van der Waals surface area contributed by atoms with Gasteiger partial charge in [0.2, 0.25) is 0 Å². The van der Waals surface area contributed by atoms with Crippen LogP contribution < -0.4 is 5.73 Å². The molecule has 39 heavy (non-hydrogen) atoms. The molecule has 3 aromatic carbocycles. The molecule has 0 radical (unpaired) electrons. The summed E-state index contributed by atoms with van der Waals surface area (Å²) in [5, 5.41) is 0.